The SMILES string of the molecule is C=CC(=O)OCC1(COC(=O)C=C)c2cc(-c3ccc4ccc5cc(C(C)(C)C)cc6ccc3c4c56)ccc2-c2ccc(C(F)(F)F)cc21. The molecule has 7 rings (SSSR count). The predicted octanol–water partition coefficient (Wildman–Crippen LogP) is 10.3. The van der Waals surface area contributed by atoms with Crippen LogP contribution < -0.4 is 0 Å². The molecule has 0 aliphatic heterocycles. The van der Waals surface area contributed by atoms with Crippen molar-refractivity contribution in [1.82, 2.24) is 0 Å². The number of ether oxygens (including phenoxy) is 2. The third-order valence-corrected chi connectivity index (χ3v) is 9.72. The summed E-state index contributed by atoms with van der Waals surface area (Å²) in [5.41, 5.74) is 2.65. The van der Waals surface area contributed by atoms with Crippen LogP contribution in [0.1, 0.15) is 43.0 Å². The van der Waals surface area contributed by atoms with Crippen LogP contribution in [-0.4, -0.2) is 25.2 Å². The van der Waals surface area contributed by atoms with E-state index in [0.717, 1.165) is 62.3 Å². The molecule has 0 radical (unpaired) electrons. The van der Waals surface area contributed by atoms with Crippen LogP contribution in [0.25, 0.3) is 54.6 Å². The molecule has 0 atom stereocenters. The summed E-state index contributed by atoms with van der Waals surface area (Å²) in [6, 6.07) is 26.4. The summed E-state index contributed by atoms with van der Waals surface area (Å²) < 4.78 is 53.3. The Kier molecular flexibility index (Phi) is 7.43. The van der Waals surface area contributed by atoms with Crippen molar-refractivity contribution in [3.05, 3.63) is 132 Å². The molecule has 0 amide bonds. The molecule has 0 saturated carbocycles. The number of halogens is 3. The molecule has 0 bridgehead atoms. The Morgan fingerprint density at radius 1 is 0.653 bits per heavy atom. The molecule has 0 N–H and O–H groups in total. The first-order valence-corrected chi connectivity index (χ1v) is 15.9. The summed E-state index contributed by atoms with van der Waals surface area (Å²) in [4.78, 5) is 24.8. The zero-order valence-electron chi connectivity index (χ0n) is 27.3. The van der Waals surface area contributed by atoms with Gasteiger partial charge in [0.05, 0.1) is 11.0 Å². The first kappa shape index (κ1) is 32.1. The Labute approximate surface area is 281 Å². The Morgan fingerprint density at radius 3 is 1.78 bits per heavy atom. The summed E-state index contributed by atoms with van der Waals surface area (Å²) in [6.07, 6.45) is -2.67. The lowest BCUT2D eigenvalue weighted by atomic mass is 9.78. The molecule has 0 saturated heterocycles. The average molecular weight is 659 g/mol. The fourth-order valence-electron chi connectivity index (χ4n) is 7.20. The zero-order chi connectivity index (χ0) is 34.9. The molecule has 1 aliphatic carbocycles. The van der Waals surface area contributed by atoms with E-state index in [2.05, 4.69) is 76.4 Å². The van der Waals surface area contributed by atoms with Gasteiger partial charge in [0, 0.05) is 12.2 Å². The molecule has 0 aromatic heterocycles. The lowest BCUT2D eigenvalue weighted by Crippen LogP contribution is -2.38. The van der Waals surface area contributed by atoms with E-state index < -0.39 is 29.1 Å². The normalized spacial score (nSPS) is 13.8. The van der Waals surface area contributed by atoms with Gasteiger partial charge in [-0.2, -0.15) is 13.2 Å². The van der Waals surface area contributed by atoms with Gasteiger partial charge < -0.3 is 9.47 Å². The number of fused-ring (bicyclic) bond motifs is 3. The second-order valence-electron chi connectivity index (χ2n) is 13.7. The molecule has 0 spiro atoms. The van der Waals surface area contributed by atoms with Gasteiger partial charge in [-0.05, 0) is 94.9 Å². The monoisotopic (exact) mass is 658 g/mol. The van der Waals surface area contributed by atoms with E-state index in [1.165, 1.54) is 17.0 Å². The molecular weight excluding hydrogens is 625 g/mol. The van der Waals surface area contributed by atoms with Gasteiger partial charge in [0.2, 0.25) is 0 Å². The summed E-state index contributed by atoms with van der Waals surface area (Å²) in [7, 11) is 0. The van der Waals surface area contributed by atoms with Crippen molar-refractivity contribution >= 4 is 44.3 Å². The maximum atomic E-state index is 14.1. The Bertz CT molecular complexity index is 2300. The second kappa shape index (κ2) is 11.3. The number of hydrogen-bond acceptors (Lipinski definition) is 4. The van der Waals surface area contributed by atoms with Gasteiger partial charge in [-0.25, -0.2) is 9.59 Å². The van der Waals surface area contributed by atoms with Crippen LogP contribution in [-0.2, 0) is 36.1 Å². The first-order valence-electron chi connectivity index (χ1n) is 15.9. The van der Waals surface area contributed by atoms with Crippen molar-refractivity contribution in [3.8, 4) is 22.3 Å². The van der Waals surface area contributed by atoms with Crippen LogP contribution in [0.2, 0.25) is 0 Å². The fraction of sp³-hybridized carbons (Fsp3) is 0.190. The highest BCUT2D eigenvalue weighted by atomic mass is 19.4. The Hall–Kier alpha value is -5.43. The highest BCUT2D eigenvalue weighted by Crippen LogP contribution is 2.52. The van der Waals surface area contributed by atoms with Crippen LogP contribution in [0.15, 0.2) is 110 Å². The lowest BCUT2D eigenvalue weighted by molar-refractivity contribution is -0.143. The molecule has 7 heteroatoms. The number of carbonyl (C=O) groups is 2. The van der Waals surface area contributed by atoms with Gasteiger partial charge >= 0.3 is 18.1 Å². The maximum Gasteiger partial charge on any atom is 0.416 e. The van der Waals surface area contributed by atoms with Crippen molar-refractivity contribution in [2.75, 3.05) is 13.2 Å². The summed E-state index contributed by atoms with van der Waals surface area (Å²) in [6.45, 7) is 12.7. The van der Waals surface area contributed by atoms with Gasteiger partial charge in [-0.15, -0.1) is 0 Å². The van der Waals surface area contributed by atoms with E-state index >= 15 is 0 Å². The predicted molar refractivity (Wildman–Crippen MR) is 188 cm³/mol. The third-order valence-electron chi connectivity index (χ3n) is 9.72. The van der Waals surface area contributed by atoms with Gasteiger partial charge in [-0.3, -0.25) is 0 Å². The molecule has 6 aromatic carbocycles. The standard InChI is InChI=1S/C42H33F3O4/c1-6-36(46)48-22-41(23-49-37(47)7-2)34-20-25(11-15-31(34)32-17-13-28(21-35(32)41)42(43,44)45)30-14-10-24-8-9-26-18-29(40(3,4)5)19-27-12-16-33(30)39(24)38(26)27/h6-21H,1-2,22-23H2,3-5H3. The minimum Gasteiger partial charge on any atom is -0.461 e. The van der Waals surface area contributed by atoms with Crippen LogP contribution in [0.5, 0.6) is 0 Å². The van der Waals surface area contributed by atoms with E-state index in [1.807, 2.05) is 24.3 Å². The van der Waals surface area contributed by atoms with Crippen molar-refractivity contribution in [1.29, 1.82) is 0 Å². The molecule has 0 unspecified atom stereocenters. The molecule has 1 aliphatic rings. The summed E-state index contributed by atoms with van der Waals surface area (Å²) >= 11 is 0. The highest BCUT2D eigenvalue weighted by Gasteiger charge is 2.47. The second-order valence-corrected chi connectivity index (χ2v) is 13.7. The van der Waals surface area contributed by atoms with Gasteiger partial charge in [-0.1, -0.05) is 101 Å². The fourth-order valence-corrected chi connectivity index (χ4v) is 7.20. The Morgan fingerprint density at radius 2 is 1.18 bits per heavy atom. The van der Waals surface area contributed by atoms with Crippen LogP contribution in [0, 0.1) is 0 Å². The maximum absolute atomic E-state index is 14.1. The molecular formula is C42H33F3O4. The van der Waals surface area contributed by atoms with Crippen molar-refractivity contribution in [3.63, 3.8) is 0 Å². The molecule has 246 valence electrons. The molecule has 6 aromatic rings. The minimum atomic E-state index is -4.63. The number of hydrogen-bond donors (Lipinski definition) is 0. The lowest BCUT2D eigenvalue weighted by Gasteiger charge is -2.31. The van der Waals surface area contributed by atoms with Gasteiger partial charge in [0.25, 0.3) is 0 Å². The van der Waals surface area contributed by atoms with Gasteiger partial charge in [0.1, 0.15) is 13.2 Å². The number of rotatable bonds is 7. The van der Waals surface area contributed by atoms with Crippen LogP contribution >= 0.6 is 0 Å². The smallest absolute Gasteiger partial charge is 0.416 e. The zero-order valence-corrected chi connectivity index (χ0v) is 27.3. The third kappa shape index (κ3) is 5.25. The highest BCUT2D eigenvalue weighted by molar-refractivity contribution is 6.25. The molecule has 0 heterocycles. The van der Waals surface area contributed by atoms with Crippen molar-refractivity contribution < 1.29 is 32.2 Å². The van der Waals surface area contributed by atoms with E-state index in [0.29, 0.717) is 16.7 Å². The number of benzene rings is 6. The van der Waals surface area contributed by atoms with Crippen LogP contribution in [0.3, 0.4) is 0 Å². The summed E-state index contributed by atoms with van der Waals surface area (Å²) in [5.74, 6) is -1.51. The minimum absolute atomic E-state index is 0.0229. The molecule has 49 heavy (non-hydrogen) atoms. The largest absolute Gasteiger partial charge is 0.461 e. The van der Waals surface area contributed by atoms with E-state index in [-0.39, 0.29) is 24.2 Å². The number of carbonyl (C=O) groups excluding carboxylic acids is 2. The van der Waals surface area contributed by atoms with E-state index in [1.54, 1.807) is 0 Å². The number of alkyl halides is 3. The van der Waals surface area contributed by atoms with E-state index in [9.17, 15) is 22.8 Å². The Balaban J connectivity index is 1.46. The molecule has 0 fully saturated rings. The first-order chi connectivity index (χ1) is 23.2. The average Bonchev–Trinajstić information content (AvgIpc) is 3.35. The van der Waals surface area contributed by atoms with Crippen molar-refractivity contribution in [2.24, 2.45) is 0 Å². The van der Waals surface area contributed by atoms with Crippen LogP contribution in [0.4, 0.5) is 13.2 Å². The number of esters is 2. The van der Waals surface area contributed by atoms with Crippen molar-refractivity contribution in [2.45, 2.75) is 37.8 Å². The van der Waals surface area contributed by atoms with Gasteiger partial charge in [0.15, 0.2) is 0 Å². The quantitative estimate of drug-likeness (QED) is 0.0973. The molecule has 4 nitrogen and oxygen atoms in total. The topological polar surface area (TPSA) is 52.6 Å². The van der Waals surface area contributed by atoms with E-state index in [4.69, 9.17) is 9.47 Å². The summed E-state index contributed by atoms with van der Waals surface area (Å²) in [5, 5.41) is 6.70.